The van der Waals surface area contributed by atoms with Crippen molar-refractivity contribution in [3.63, 3.8) is 0 Å². The molecule has 7 heteroatoms. The number of rotatable bonds is 8. The van der Waals surface area contributed by atoms with E-state index in [0.29, 0.717) is 43.1 Å². The molecule has 162 valence electrons. The summed E-state index contributed by atoms with van der Waals surface area (Å²) in [5.74, 6) is 1.15. The summed E-state index contributed by atoms with van der Waals surface area (Å²) in [7, 11) is 3.08. The van der Waals surface area contributed by atoms with E-state index in [2.05, 4.69) is 0 Å². The molecule has 3 rings (SSSR count). The number of hydrogen-bond donors (Lipinski definition) is 2. The molecule has 30 heavy (non-hydrogen) atoms. The molecule has 0 saturated carbocycles. The van der Waals surface area contributed by atoms with Crippen molar-refractivity contribution in [2.24, 2.45) is 0 Å². The molecule has 0 saturated heterocycles. The monoisotopic (exact) mass is 415 g/mol. The van der Waals surface area contributed by atoms with Gasteiger partial charge in [0.05, 0.1) is 14.2 Å². The molecule has 0 aliphatic heterocycles. The molecule has 1 aliphatic rings. The van der Waals surface area contributed by atoms with Gasteiger partial charge in [-0.3, -0.25) is 4.79 Å². The van der Waals surface area contributed by atoms with Crippen LogP contribution in [-0.2, 0) is 17.6 Å². The number of aromatic hydroxyl groups is 2. The van der Waals surface area contributed by atoms with E-state index in [0.717, 1.165) is 17.5 Å². The largest absolute Gasteiger partial charge is 0.504 e. The van der Waals surface area contributed by atoms with Crippen LogP contribution in [0.3, 0.4) is 0 Å². The second kappa shape index (κ2) is 9.61. The van der Waals surface area contributed by atoms with E-state index >= 15 is 0 Å². The molecular formula is C23H29NO6. The Kier molecular flexibility index (Phi) is 6.92. The van der Waals surface area contributed by atoms with Gasteiger partial charge in [0.25, 0.3) is 5.91 Å². The molecule has 1 unspecified atom stereocenters. The topological polar surface area (TPSA) is 88.5 Å². The van der Waals surface area contributed by atoms with Gasteiger partial charge in [0.1, 0.15) is 0 Å². The van der Waals surface area contributed by atoms with Crippen molar-refractivity contribution < 1.29 is 29.2 Å². The van der Waals surface area contributed by atoms with Crippen LogP contribution in [0.1, 0.15) is 30.9 Å². The average Bonchev–Trinajstić information content (AvgIpc) is 2.77. The minimum absolute atomic E-state index is 0.0112. The lowest BCUT2D eigenvalue weighted by Crippen LogP contribution is -2.45. The van der Waals surface area contributed by atoms with E-state index in [1.54, 1.807) is 32.4 Å². The lowest BCUT2D eigenvalue weighted by molar-refractivity contribution is -0.136. The Morgan fingerprint density at radius 2 is 1.83 bits per heavy atom. The number of para-hydroxylation sites is 1. The van der Waals surface area contributed by atoms with Crippen LogP contribution < -0.4 is 14.2 Å². The van der Waals surface area contributed by atoms with Crippen LogP contribution in [0, 0.1) is 0 Å². The lowest BCUT2D eigenvalue weighted by Gasteiger charge is -2.35. The van der Waals surface area contributed by atoms with Crippen molar-refractivity contribution in [1.29, 1.82) is 0 Å². The first-order valence-corrected chi connectivity index (χ1v) is 10.2. The van der Waals surface area contributed by atoms with Crippen LogP contribution >= 0.6 is 0 Å². The van der Waals surface area contributed by atoms with Gasteiger partial charge in [-0.1, -0.05) is 19.1 Å². The van der Waals surface area contributed by atoms with Gasteiger partial charge in [-0.25, -0.2) is 0 Å². The van der Waals surface area contributed by atoms with Crippen LogP contribution in [0.15, 0.2) is 30.3 Å². The Bertz CT molecular complexity index is 875. The van der Waals surface area contributed by atoms with Gasteiger partial charge in [-0.15, -0.1) is 0 Å². The highest BCUT2D eigenvalue weighted by atomic mass is 16.5. The van der Waals surface area contributed by atoms with Crippen LogP contribution in [0.5, 0.6) is 28.7 Å². The second-order valence-electron chi connectivity index (χ2n) is 7.34. The molecule has 2 N–H and O–H groups in total. The third-order valence-corrected chi connectivity index (χ3v) is 5.49. The maximum absolute atomic E-state index is 13.1. The quantitative estimate of drug-likeness (QED) is 0.643. The number of nitrogens with zero attached hydrogens (tertiary/aromatic N) is 1. The number of ether oxygens (including phenoxy) is 3. The van der Waals surface area contributed by atoms with Gasteiger partial charge in [0.2, 0.25) is 5.75 Å². The van der Waals surface area contributed by atoms with Crippen molar-refractivity contribution >= 4 is 5.91 Å². The fraction of sp³-hybridized carbons (Fsp3) is 0.435. The summed E-state index contributed by atoms with van der Waals surface area (Å²) >= 11 is 0. The number of carbonyl (C=O) groups excluding carboxylic acids is 1. The number of carbonyl (C=O) groups is 1. The number of benzene rings is 2. The van der Waals surface area contributed by atoms with E-state index in [1.165, 1.54) is 6.07 Å². The van der Waals surface area contributed by atoms with Crippen LogP contribution in [0.4, 0.5) is 0 Å². The number of fused-ring (bicyclic) bond motifs is 1. The standard InChI is InChI=1S/C23H29NO6/c1-4-12-24(16-9-10-17-15(13-16)8-11-18(25)22(17)27)21(26)14-30-23-19(28-2)6-5-7-20(23)29-3/h5-8,11,16,25,27H,4,9-10,12-14H2,1-3H3. The van der Waals surface area contributed by atoms with Gasteiger partial charge >= 0.3 is 0 Å². The van der Waals surface area contributed by atoms with Gasteiger partial charge in [-0.2, -0.15) is 0 Å². The molecule has 0 aromatic heterocycles. The lowest BCUT2D eigenvalue weighted by atomic mass is 9.86. The van der Waals surface area contributed by atoms with Gasteiger partial charge in [-0.05, 0) is 49.4 Å². The molecule has 1 amide bonds. The molecule has 0 radical (unpaired) electrons. The van der Waals surface area contributed by atoms with Gasteiger partial charge in [0.15, 0.2) is 29.6 Å². The van der Waals surface area contributed by atoms with Crippen molar-refractivity contribution in [3.8, 4) is 28.7 Å². The fourth-order valence-electron chi connectivity index (χ4n) is 4.00. The maximum atomic E-state index is 13.1. The van der Waals surface area contributed by atoms with Crippen LogP contribution in [0.2, 0.25) is 0 Å². The highest BCUT2D eigenvalue weighted by Crippen LogP contribution is 2.38. The first kappa shape index (κ1) is 21.6. The zero-order chi connectivity index (χ0) is 21.7. The molecule has 0 heterocycles. The predicted octanol–water partition coefficient (Wildman–Crippen LogP) is 3.29. The summed E-state index contributed by atoms with van der Waals surface area (Å²) in [6.07, 6.45) is 2.78. The van der Waals surface area contributed by atoms with Gasteiger partial charge in [0, 0.05) is 18.2 Å². The third kappa shape index (κ3) is 4.40. The SMILES string of the molecule is CCCN(C(=O)COc1c(OC)cccc1OC)C1CCc2c(ccc(O)c2O)C1. The van der Waals surface area contributed by atoms with E-state index < -0.39 is 0 Å². The third-order valence-electron chi connectivity index (χ3n) is 5.49. The summed E-state index contributed by atoms with van der Waals surface area (Å²) in [5, 5.41) is 19.9. The minimum Gasteiger partial charge on any atom is -0.504 e. The van der Waals surface area contributed by atoms with Crippen LogP contribution in [0.25, 0.3) is 0 Å². The van der Waals surface area contributed by atoms with E-state index in [-0.39, 0.29) is 30.1 Å². The molecule has 0 spiro atoms. The number of phenolic OH excluding ortho intramolecular Hbond substituents is 2. The van der Waals surface area contributed by atoms with E-state index in [1.807, 2.05) is 17.9 Å². The summed E-state index contributed by atoms with van der Waals surface area (Å²) in [4.78, 5) is 14.9. The first-order valence-electron chi connectivity index (χ1n) is 10.2. The Morgan fingerprint density at radius 3 is 2.47 bits per heavy atom. The zero-order valence-electron chi connectivity index (χ0n) is 17.7. The first-order chi connectivity index (χ1) is 14.5. The smallest absolute Gasteiger partial charge is 0.260 e. The Labute approximate surface area is 176 Å². The molecule has 2 aromatic carbocycles. The van der Waals surface area contributed by atoms with Crippen molar-refractivity contribution in [1.82, 2.24) is 4.90 Å². The molecule has 1 atom stereocenters. The summed E-state index contributed by atoms with van der Waals surface area (Å²) in [6.45, 7) is 2.53. The average molecular weight is 415 g/mol. The Balaban J connectivity index is 1.74. The number of phenols is 2. The predicted molar refractivity (Wildman–Crippen MR) is 113 cm³/mol. The number of hydrogen-bond acceptors (Lipinski definition) is 6. The Hall–Kier alpha value is -3.09. The van der Waals surface area contributed by atoms with Crippen LogP contribution in [-0.4, -0.2) is 54.4 Å². The normalized spacial score (nSPS) is 15.2. The van der Waals surface area contributed by atoms with Crippen molar-refractivity contribution in [2.45, 2.75) is 38.6 Å². The number of amides is 1. The molecule has 7 nitrogen and oxygen atoms in total. The summed E-state index contributed by atoms with van der Waals surface area (Å²) < 4.78 is 16.5. The van der Waals surface area contributed by atoms with Crippen molar-refractivity contribution in [2.75, 3.05) is 27.4 Å². The van der Waals surface area contributed by atoms with Crippen molar-refractivity contribution in [3.05, 3.63) is 41.5 Å². The molecule has 2 aromatic rings. The molecule has 0 bridgehead atoms. The minimum atomic E-state index is -0.124. The number of methoxy groups -OCH3 is 2. The maximum Gasteiger partial charge on any atom is 0.260 e. The summed E-state index contributed by atoms with van der Waals surface area (Å²) in [5.41, 5.74) is 1.73. The Morgan fingerprint density at radius 1 is 1.13 bits per heavy atom. The molecule has 0 fully saturated rings. The highest BCUT2D eigenvalue weighted by Gasteiger charge is 2.29. The van der Waals surface area contributed by atoms with E-state index in [4.69, 9.17) is 14.2 Å². The fourth-order valence-corrected chi connectivity index (χ4v) is 4.00. The zero-order valence-corrected chi connectivity index (χ0v) is 17.7. The highest BCUT2D eigenvalue weighted by molar-refractivity contribution is 5.78. The second-order valence-corrected chi connectivity index (χ2v) is 7.34. The van der Waals surface area contributed by atoms with Gasteiger partial charge < -0.3 is 29.3 Å². The summed E-state index contributed by atoms with van der Waals surface area (Å²) in [6, 6.07) is 8.64. The van der Waals surface area contributed by atoms with E-state index in [9.17, 15) is 15.0 Å². The molecular weight excluding hydrogens is 386 g/mol. The molecule has 1 aliphatic carbocycles.